The fourth-order valence-corrected chi connectivity index (χ4v) is 2.99. The summed E-state index contributed by atoms with van der Waals surface area (Å²) in [4.78, 5) is 22.6. The highest BCUT2D eigenvalue weighted by atomic mass is 19.4. The molecular formula is C19H18F5N7O. The molecule has 0 radical (unpaired) electrons. The Hall–Kier alpha value is -3.64. The van der Waals surface area contributed by atoms with Gasteiger partial charge in [0.25, 0.3) is 5.91 Å². The number of carbonyl (C=O) groups is 1. The molecule has 2 heterocycles. The van der Waals surface area contributed by atoms with Gasteiger partial charge in [-0.05, 0) is 19.9 Å². The maximum Gasteiger partial charge on any atom is 0.419 e. The van der Waals surface area contributed by atoms with Gasteiger partial charge in [-0.25, -0.2) is 18.7 Å². The van der Waals surface area contributed by atoms with Crippen molar-refractivity contribution in [2.24, 2.45) is 0 Å². The first-order valence-corrected chi connectivity index (χ1v) is 9.41. The van der Waals surface area contributed by atoms with E-state index in [2.05, 4.69) is 25.5 Å². The summed E-state index contributed by atoms with van der Waals surface area (Å²) in [6, 6.07) is 0.980. The lowest BCUT2D eigenvalue weighted by atomic mass is 10.1. The van der Waals surface area contributed by atoms with Crippen LogP contribution in [-0.2, 0) is 6.18 Å². The number of amides is 1. The van der Waals surface area contributed by atoms with Crippen LogP contribution >= 0.6 is 0 Å². The van der Waals surface area contributed by atoms with Crippen molar-refractivity contribution >= 4 is 11.9 Å². The van der Waals surface area contributed by atoms with E-state index in [9.17, 15) is 26.7 Å². The molecule has 1 N–H and O–H groups in total. The number of anilines is 1. The first kappa shape index (κ1) is 23.0. The fraction of sp³-hybridized carbons (Fsp3) is 0.316. The number of carbonyl (C=O) groups excluding carboxylic acids is 1. The third kappa shape index (κ3) is 4.98. The van der Waals surface area contributed by atoms with Crippen LogP contribution in [0.3, 0.4) is 0 Å². The van der Waals surface area contributed by atoms with Gasteiger partial charge in [-0.15, -0.1) is 4.80 Å². The van der Waals surface area contributed by atoms with Gasteiger partial charge in [-0.1, -0.05) is 0 Å². The van der Waals surface area contributed by atoms with E-state index in [0.29, 0.717) is 18.5 Å². The minimum Gasteiger partial charge on any atom is -0.352 e. The van der Waals surface area contributed by atoms with Crippen LogP contribution in [0.4, 0.5) is 27.9 Å². The SMILES string of the molecule is CCN(C(=O)c1cc(F)cc(F)c1-n1nccn1)[C@@H](C)CNc1ncc(C(F)(F)F)cn1. The summed E-state index contributed by atoms with van der Waals surface area (Å²) in [7, 11) is 0. The average molecular weight is 455 g/mol. The Bertz CT molecular complexity index is 1070. The van der Waals surface area contributed by atoms with Gasteiger partial charge < -0.3 is 10.2 Å². The Kier molecular flexibility index (Phi) is 6.65. The van der Waals surface area contributed by atoms with Crippen molar-refractivity contribution < 1.29 is 26.7 Å². The van der Waals surface area contributed by atoms with E-state index in [1.54, 1.807) is 13.8 Å². The Morgan fingerprint density at radius 2 is 1.78 bits per heavy atom. The highest BCUT2D eigenvalue weighted by molar-refractivity contribution is 5.98. The van der Waals surface area contributed by atoms with Crippen molar-refractivity contribution in [3.63, 3.8) is 0 Å². The van der Waals surface area contributed by atoms with Crippen molar-refractivity contribution in [3.8, 4) is 5.69 Å². The van der Waals surface area contributed by atoms with Crippen molar-refractivity contribution in [2.75, 3.05) is 18.4 Å². The number of hydrogen-bond acceptors (Lipinski definition) is 6. The van der Waals surface area contributed by atoms with E-state index in [1.165, 1.54) is 17.3 Å². The van der Waals surface area contributed by atoms with Crippen LogP contribution in [0.1, 0.15) is 29.8 Å². The normalized spacial score (nSPS) is 12.5. The minimum atomic E-state index is -4.56. The molecule has 0 bridgehead atoms. The van der Waals surface area contributed by atoms with Gasteiger partial charge in [0.1, 0.15) is 11.5 Å². The highest BCUT2D eigenvalue weighted by Crippen LogP contribution is 2.28. The molecule has 0 aliphatic heterocycles. The average Bonchev–Trinajstić information content (AvgIpc) is 3.26. The van der Waals surface area contributed by atoms with Gasteiger partial charge in [0.2, 0.25) is 5.95 Å². The molecule has 0 unspecified atom stereocenters. The molecule has 1 atom stereocenters. The lowest BCUT2D eigenvalue weighted by molar-refractivity contribution is -0.138. The van der Waals surface area contributed by atoms with Crippen LogP contribution in [0.25, 0.3) is 5.69 Å². The Balaban J connectivity index is 1.79. The van der Waals surface area contributed by atoms with E-state index in [-0.39, 0.29) is 30.3 Å². The van der Waals surface area contributed by atoms with E-state index in [0.717, 1.165) is 10.9 Å². The number of aromatic nitrogens is 5. The molecule has 0 fully saturated rings. The Morgan fingerprint density at radius 3 is 2.34 bits per heavy atom. The molecule has 0 aliphatic rings. The second-order valence-corrected chi connectivity index (χ2v) is 6.72. The summed E-state index contributed by atoms with van der Waals surface area (Å²) in [5.41, 5.74) is -1.57. The van der Waals surface area contributed by atoms with Gasteiger partial charge in [-0.2, -0.15) is 23.4 Å². The molecule has 0 saturated carbocycles. The van der Waals surface area contributed by atoms with Crippen molar-refractivity contribution in [1.29, 1.82) is 0 Å². The summed E-state index contributed by atoms with van der Waals surface area (Å²) in [6.45, 7) is 3.57. The minimum absolute atomic E-state index is 0.0633. The number of rotatable bonds is 7. The second-order valence-electron chi connectivity index (χ2n) is 6.72. The molecule has 3 aromatic rings. The van der Waals surface area contributed by atoms with Crippen molar-refractivity contribution in [3.05, 3.63) is 59.7 Å². The van der Waals surface area contributed by atoms with E-state index in [4.69, 9.17) is 0 Å². The van der Waals surface area contributed by atoms with Crippen molar-refractivity contribution in [2.45, 2.75) is 26.1 Å². The second kappa shape index (κ2) is 9.24. The molecule has 0 saturated heterocycles. The predicted molar refractivity (Wildman–Crippen MR) is 103 cm³/mol. The predicted octanol–water partition coefficient (Wildman–Crippen LogP) is 3.32. The number of nitrogens with one attached hydrogen (secondary N) is 1. The van der Waals surface area contributed by atoms with Gasteiger partial charge in [-0.3, -0.25) is 4.79 Å². The molecule has 0 aliphatic carbocycles. The van der Waals surface area contributed by atoms with Crippen LogP contribution < -0.4 is 5.32 Å². The molecule has 2 aromatic heterocycles. The third-order valence-corrected chi connectivity index (χ3v) is 4.55. The summed E-state index contributed by atoms with van der Waals surface area (Å²) >= 11 is 0. The first-order valence-electron chi connectivity index (χ1n) is 9.41. The Morgan fingerprint density at radius 1 is 1.16 bits per heavy atom. The highest BCUT2D eigenvalue weighted by Gasteiger charge is 2.31. The quantitative estimate of drug-likeness (QED) is 0.550. The van der Waals surface area contributed by atoms with Gasteiger partial charge in [0.05, 0.1) is 23.5 Å². The van der Waals surface area contributed by atoms with Gasteiger partial charge in [0, 0.05) is 37.6 Å². The van der Waals surface area contributed by atoms with Crippen LogP contribution in [0.5, 0.6) is 0 Å². The zero-order valence-corrected chi connectivity index (χ0v) is 16.9. The first-order chi connectivity index (χ1) is 15.1. The molecular weight excluding hydrogens is 437 g/mol. The fourth-order valence-electron chi connectivity index (χ4n) is 2.99. The van der Waals surface area contributed by atoms with Crippen LogP contribution in [-0.4, -0.2) is 54.9 Å². The molecule has 1 aromatic carbocycles. The number of hydrogen-bond donors (Lipinski definition) is 1. The summed E-state index contributed by atoms with van der Waals surface area (Å²) < 4.78 is 66.2. The monoisotopic (exact) mass is 455 g/mol. The maximum absolute atomic E-state index is 14.5. The lowest BCUT2D eigenvalue weighted by Gasteiger charge is -2.29. The third-order valence-electron chi connectivity index (χ3n) is 4.55. The molecule has 170 valence electrons. The zero-order chi connectivity index (χ0) is 23.5. The number of benzene rings is 1. The van der Waals surface area contributed by atoms with Crippen LogP contribution in [0.15, 0.2) is 36.9 Å². The number of likely N-dealkylation sites (N-methyl/N-ethyl adjacent to an activating group) is 1. The maximum atomic E-state index is 14.5. The molecule has 13 heteroatoms. The van der Waals surface area contributed by atoms with Crippen LogP contribution in [0.2, 0.25) is 0 Å². The molecule has 8 nitrogen and oxygen atoms in total. The molecule has 3 rings (SSSR count). The summed E-state index contributed by atoms with van der Waals surface area (Å²) in [6.07, 6.45) is -0.710. The van der Waals surface area contributed by atoms with E-state index < -0.39 is 35.3 Å². The summed E-state index contributed by atoms with van der Waals surface area (Å²) in [5, 5.41) is 10.4. The standard InChI is InChI=1S/C19H18F5N7O/c1-3-30(11(2)8-25-18-26-9-12(10-27-18)19(22,23)24)17(32)14-6-13(20)7-15(21)16(14)31-28-4-5-29-31/h4-7,9-11H,3,8H2,1-2H3,(H,25,26,27)/t11-/m0/s1. The van der Waals surface area contributed by atoms with Gasteiger partial charge >= 0.3 is 6.18 Å². The number of nitrogens with zero attached hydrogens (tertiary/aromatic N) is 6. The largest absolute Gasteiger partial charge is 0.419 e. The van der Waals surface area contributed by atoms with E-state index >= 15 is 0 Å². The van der Waals surface area contributed by atoms with Crippen LogP contribution in [0, 0.1) is 11.6 Å². The zero-order valence-electron chi connectivity index (χ0n) is 16.9. The Labute approximate surface area is 179 Å². The molecule has 32 heavy (non-hydrogen) atoms. The van der Waals surface area contributed by atoms with Crippen molar-refractivity contribution in [1.82, 2.24) is 29.9 Å². The lowest BCUT2D eigenvalue weighted by Crippen LogP contribution is -2.42. The van der Waals surface area contributed by atoms with E-state index in [1.807, 2.05) is 0 Å². The smallest absolute Gasteiger partial charge is 0.352 e. The topological polar surface area (TPSA) is 88.8 Å². The summed E-state index contributed by atoms with van der Waals surface area (Å²) in [5.74, 6) is -2.70. The number of halogens is 5. The number of alkyl halides is 3. The van der Waals surface area contributed by atoms with Gasteiger partial charge in [0.15, 0.2) is 5.82 Å². The molecule has 1 amide bonds. The molecule has 0 spiro atoms.